The molecule has 0 N–H and O–H groups in total. The van der Waals surface area contributed by atoms with Crippen LogP contribution in [-0.4, -0.2) is 23.5 Å². The molecule has 0 bridgehead atoms. The van der Waals surface area contributed by atoms with Crippen LogP contribution in [0.25, 0.3) is 0 Å². The highest BCUT2D eigenvalue weighted by atomic mass is 79.9. The van der Waals surface area contributed by atoms with E-state index in [1.165, 1.54) is 0 Å². The minimum absolute atomic E-state index is 0.0222. The maximum absolute atomic E-state index is 13.5. The predicted octanol–water partition coefficient (Wildman–Crippen LogP) is 5.08. The van der Waals surface area contributed by atoms with Gasteiger partial charge in [0.25, 0.3) is 0 Å². The number of ketones is 2. The molecule has 0 aromatic rings. The lowest BCUT2D eigenvalue weighted by atomic mass is 9.53. The Hall–Kier alpha value is -1.42. The van der Waals surface area contributed by atoms with Gasteiger partial charge >= 0.3 is 0 Å². The topological polar surface area (TPSA) is 43.4 Å². The first kappa shape index (κ1) is 19.3. The van der Waals surface area contributed by atoms with Gasteiger partial charge in [0.15, 0.2) is 11.5 Å². The second-order valence-corrected chi connectivity index (χ2v) is 9.25. The lowest BCUT2D eigenvalue weighted by molar-refractivity contribution is -0.119. The molecule has 0 spiro atoms. The maximum Gasteiger partial charge on any atom is 0.229 e. The van der Waals surface area contributed by atoms with Gasteiger partial charge in [-0.05, 0) is 29.7 Å². The molecule has 140 valence electrons. The predicted molar refractivity (Wildman–Crippen MR) is 107 cm³/mol. The van der Waals surface area contributed by atoms with E-state index in [1.807, 2.05) is 19.9 Å². The summed E-state index contributed by atoms with van der Waals surface area (Å²) in [5.41, 5.74) is 2.35. The summed E-state index contributed by atoms with van der Waals surface area (Å²) in [5.74, 6) is -0.0278. The lowest BCUT2D eigenvalue weighted by Gasteiger charge is -2.49. The second-order valence-electron chi connectivity index (χ2n) is 8.46. The van der Waals surface area contributed by atoms with Crippen molar-refractivity contribution in [3.8, 4) is 0 Å². The van der Waals surface area contributed by atoms with Gasteiger partial charge in [-0.2, -0.15) is 0 Å². The fourth-order valence-corrected chi connectivity index (χ4v) is 4.46. The Morgan fingerprint density at radius 2 is 1.88 bits per heavy atom. The average Bonchev–Trinajstić information content (AvgIpc) is 2.56. The van der Waals surface area contributed by atoms with Crippen molar-refractivity contribution in [2.24, 2.45) is 16.7 Å². The smallest absolute Gasteiger partial charge is 0.229 e. The first-order valence-corrected chi connectivity index (χ1v) is 10.4. The van der Waals surface area contributed by atoms with Crippen molar-refractivity contribution in [1.82, 2.24) is 0 Å². The Labute approximate surface area is 164 Å². The molecule has 0 aliphatic heterocycles. The molecule has 3 nitrogen and oxygen atoms in total. The number of alkyl halides is 1. The first-order chi connectivity index (χ1) is 12.2. The van der Waals surface area contributed by atoms with Gasteiger partial charge in [-0.1, -0.05) is 68.8 Å². The number of carbonyl (C=O) groups is 2. The standard InChI is InChI=1S/C22H27BrO3/c1-13(2)16-18(24)14-8-10-22(5)15(7-6-9-21(22,3)4)17(14)19(25)20(16)26-12-11-23/h7-8,10,13H,6,9,11-12H2,1-5H3. The zero-order valence-corrected chi connectivity index (χ0v) is 17.8. The van der Waals surface area contributed by atoms with Crippen LogP contribution in [0.15, 0.2) is 46.3 Å². The van der Waals surface area contributed by atoms with Crippen molar-refractivity contribution < 1.29 is 14.3 Å². The van der Waals surface area contributed by atoms with Crippen LogP contribution >= 0.6 is 15.9 Å². The van der Waals surface area contributed by atoms with Crippen molar-refractivity contribution >= 4 is 27.5 Å². The summed E-state index contributed by atoms with van der Waals surface area (Å²) in [4.78, 5) is 26.7. The van der Waals surface area contributed by atoms with Gasteiger partial charge in [0.2, 0.25) is 5.78 Å². The molecule has 26 heavy (non-hydrogen) atoms. The van der Waals surface area contributed by atoms with Crippen LogP contribution in [0.5, 0.6) is 0 Å². The normalized spacial score (nSPS) is 27.6. The molecule has 0 heterocycles. The summed E-state index contributed by atoms with van der Waals surface area (Å²) in [6.45, 7) is 10.9. The van der Waals surface area contributed by atoms with E-state index in [9.17, 15) is 9.59 Å². The number of allylic oxidation sites excluding steroid dienone is 7. The van der Waals surface area contributed by atoms with Crippen LogP contribution < -0.4 is 0 Å². The van der Waals surface area contributed by atoms with Crippen molar-refractivity contribution in [3.05, 3.63) is 46.3 Å². The van der Waals surface area contributed by atoms with Crippen LogP contribution in [-0.2, 0) is 14.3 Å². The van der Waals surface area contributed by atoms with E-state index in [4.69, 9.17) is 4.74 Å². The molecular weight excluding hydrogens is 392 g/mol. The summed E-state index contributed by atoms with van der Waals surface area (Å²) in [6, 6.07) is 0. The zero-order valence-electron chi connectivity index (χ0n) is 16.2. The van der Waals surface area contributed by atoms with Gasteiger partial charge in [-0.25, -0.2) is 0 Å². The lowest BCUT2D eigenvalue weighted by Crippen LogP contribution is -2.42. The number of halogens is 1. The van der Waals surface area contributed by atoms with Crippen molar-refractivity contribution in [1.29, 1.82) is 0 Å². The largest absolute Gasteiger partial charge is 0.488 e. The highest BCUT2D eigenvalue weighted by Crippen LogP contribution is 2.57. The van der Waals surface area contributed by atoms with Gasteiger partial charge in [0.1, 0.15) is 0 Å². The van der Waals surface area contributed by atoms with Crippen LogP contribution in [0.1, 0.15) is 47.5 Å². The summed E-state index contributed by atoms with van der Waals surface area (Å²) in [5, 5.41) is 0.614. The zero-order chi connectivity index (χ0) is 19.3. The van der Waals surface area contributed by atoms with Crippen LogP contribution in [0, 0.1) is 16.7 Å². The number of hydrogen-bond donors (Lipinski definition) is 0. The molecule has 3 rings (SSSR count). The molecule has 1 unspecified atom stereocenters. The average molecular weight is 419 g/mol. The minimum atomic E-state index is -0.254. The van der Waals surface area contributed by atoms with Crippen molar-refractivity contribution in [2.75, 3.05) is 11.9 Å². The molecular formula is C22H27BrO3. The Morgan fingerprint density at radius 1 is 1.19 bits per heavy atom. The van der Waals surface area contributed by atoms with E-state index >= 15 is 0 Å². The Kier molecular flexibility index (Phi) is 4.93. The summed E-state index contributed by atoms with van der Waals surface area (Å²) >= 11 is 3.34. The van der Waals surface area contributed by atoms with E-state index < -0.39 is 0 Å². The van der Waals surface area contributed by atoms with Crippen LogP contribution in [0.2, 0.25) is 0 Å². The SMILES string of the molecule is CC(C)C1=C(OCCBr)C(=O)C2=C(C=CC3(C)C2=CCCC3(C)C)C1=O. The Bertz CT molecular complexity index is 792. The number of hydrogen-bond acceptors (Lipinski definition) is 3. The van der Waals surface area contributed by atoms with Gasteiger partial charge in [-0.15, -0.1) is 0 Å². The fourth-order valence-electron chi connectivity index (χ4n) is 4.30. The highest BCUT2D eigenvalue weighted by Gasteiger charge is 2.50. The number of carbonyl (C=O) groups excluding carboxylic acids is 2. The molecule has 4 heteroatoms. The van der Waals surface area contributed by atoms with Gasteiger partial charge in [-0.3, -0.25) is 9.59 Å². The third kappa shape index (κ3) is 2.69. The third-order valence-corrected chi connectivity index (χ3v) is 6.60. The molecule has 0 aromatic carbocycles. The molecule has 0 aromatic heterocycles. The number of fused-ring (bicyclic) bond motifs is 2. The first-order valence-electron chi connectivity index (χ1n) is 9.32. The Morgan fingerprint density at radius 3 is 2.50 bits per heavy atom. The molecule has 0 saturated heterocycles. The quantitative estimate of drug-likeness (QED) is 0.472. The third-order valence-electron chi connectivity index (χ3n) is 6.27. The van der Waals surface area contributed by atoms with E-state index in [1.54, 1.807) is 0 Å². The summed E-state index contributed by atoms with van der Waals surface area (Å²) in [6.07, 6.45) is 8.14. The van der Waals surface area contributed by atoms with Gasteiger partial charge in [0, 0.05) is 27.5 Å². The molecule has 0 radical (unpaired) electrons. The molecule has 3 aliphatic carbocycles. The van der Waals surface area contributed by atoms with Crippen molar-refractivity contribution in [2.45, 2.75) is 47.5 Å². The van der Waals surface area contributed by atoms with E-state index in [-0.39, 0.29) is 34.1 Å². The van der Waals surface area contributed by atoms with Crippen LogP contribution in [0.3, 0.4) is 0 Å². The number of ether oxygens (including phenoxy) is 1. The number of rotatable bonds is 4. The maximum atomic E-state index is 13.5. The second kappa shape index (κ2) is 6.63. The summed E-state index contributed by atoms with van der Waals surface area (Å²) < 4.78 is 5.78. The molecule has 0 amide bonds. The summed E-state index contributed by atoms with van der Waals surface area (Å²) in [7, 11) is 0. The van der Waals surface area contributed by atoms with E-state index in [0.29, 0.717) is 28.7 Å². The minimum Gasteiger partial charge on any atom is -0.488 e. The number of Topliss-reactive ketones (excluding diaryl/α,β-unsaturated/α-hetero) is 2. The molecule has 1 atom stereocenters. The monoisotopic (exact) mass is 418 g/mol. The van der Waals surface area contributed by atoms with Gasteiger partial charge < -0.3 is 4.74 Å². The van der Waals surface area contributed by atoms with Gasteiger partial charge in [0.05, 0.1) is 6.61 Å². The van der Waals surface area contributed by atoms with Crippen molar-refractivity contribution in [3.63, 3.8) is 0 Å². The van der Waals surface area contributed by atoms with Crippen LogP contribution in [0.4, 0.5) is 0 Å². The van der Waals surface area contributed by atoms with E-state index in [0.717, 1.165) is 18.4 Å². The molecule has 3 aliphatic rings. The Balaban J connectivity index is 2.17. The molecule has 0 saturated carbocycles. The fraction of sp³-hybridized carbons (Fsp3) is 0.545. The highest BCUT2D eigenvalue weighted by molar-refractivity contribution is 9.09. The van der Waals surface area contributed by atoms with E-state index in [2.05, 4.69) is 48.9 Å². The molecule has 0 fully saturated rings.